The van der Waals surface area contributed by atoms with E-state index in [2.05, 4.69) is 21.5 Å². The Morgan fingerprint density at radius 2 is 1.83 bits per heavy atom. The van der Waals surface area contributed by atoms with Crippen LogP contribution >= 0.6 is 34.9 Å². The van der Waals surface area contributed by atoms with Crippen LogP contribution in [0.4, 0.5) is 18.9 Å². The maximum absolute atomic E-state index is 12.9. The number of hydrogen-bond acceptors (Lipinski definition) is 5. The van der Waals surface area contributed by atoms with Gasteiger partial charge in [0.2, 0.25) is 0 Å². The molecule has 156 valence electrons. The van der Waals surface area contributed by atoms with Crippen molar-refractivity contribution in [3.05, 3.63) is 52.0 Å². The number of thiophene rings is 1. The van der Waals surface area contributed by atoms with Gasteiger partial charge in [-0.05, 0) is 55.3 Å². The summed E-state index contributed by atoms with van der Waals surface area (Å²) >= 11 is 9.41. The Labute approximate surface area is 181 Å². The molecule has 1 aromatic heterocycles. The molecule has 1 aromatic carbocycles. The van der Waals surface area contributed by atoms with Crippen LogP contribution in [0.1, 0.15) is 17.5 Å². The van der Waals surface area contributed by atoms with E-state index in [0.717, 1.165) is 56.1 Å². The van der Waals surface area contributed by atoms with Gasteiger partial charge in [-0.3, -0.25) is 4.90 Å². The lowest BCUT2D eigenvalue weighted by Gasteiger charge is -2.36. The van der Waals surface area contributed by atoms with Crippen molar-refractivity contribution in [2.45, 2.75) is 16.8 Å². The summed E-state index contributed by atoms with van der Waals surface area (Å²) in [7, 11) is 0. The SMILES string of the molecule is FC(F)(F)c1cccc(N2CCN(CCCN3C=Cc4cc(Cl)sc4S3)CC2)c1. The lowest BCUT2D eigenvalue weighted by atomic mass is 10.1. The van der Waals surface area contributed by atoms with Gasteiger partial charge in [0.1, 0.15) is 0 Å². The Bertz CT molecular complexity index is 876. The molecule has 0 aliphatic carbocycles. The second kappa shape index (κ2) is 8.79. The molecule has 0 radical (unpaired) electrons. The fraction of sp³-hybridized carbons (Fsp3) is 0.400. The third-order valence-corrected chi connectivity index (χ3v) is 7.57. The molecule has 3 heterocycles. The smallest absolute Gasteiger partial charge is 0.369 e. The minimum Gasteiger partial charge on any atom is -0.369 e. The minimum atomic E-state index is -4.30. The fourth-order valence-electron chi connectivity index (χ4n) is 3.52. The highest BCUT2D eigenvalue weighted by Crippen LogP contribution is 2.40. The van der Waals surface area contributed by atoms with Gasteiger partial charge >= 0.3 is 6.18 Å². The number of halogens is 4. The minimum absolute atomic E-state index is 0.584. The highest BCUT2D eigenvalue weighted by atomic mass is 35.5. The van der Waals surface area contributed by atoms with Gasteiger partial charge in [-0.1, -0.05) is 17.7 Å². The number of anilines is 1. The van der Waals surface area contributed by atoms with E-state index in [1.54, 1.807) is 29.4 Å². The first-order valence-corrected chi connectivity index (χ1v) is 11.4. The van der Waals surface area contributed by atoms with E-state index in [1.165, 1.54) is 21.9 Å². The molecule has 29 heavy (non-hydrogen) atoms. The largest absolute Gasteiger partial charge is 0.416 e. The van der Waals surface area contributed by atoms with Crippen LogP contribution in [0.2, 0.25) is 4.34 Å². The zero-order chi connectivity index (χ0) is 20.4. The summed E-state index contributed by atoms with van der Waals surface area (Å²) in [6.45, 7) is 5.16. The lowest BCUT2D eigenvalue weighted by Crippen LogP contribution is -2.47. The van der Waals surface area contributed by atoms with Gasteiger partial charge in [0, 0.05) is 50.2 Å². The van der Waals surface area contributed by atoms with Gasteiger partial charge in [-0.2, -0.15) is 13.2 Å². The molecule has 0 spiro atoms. The molecule has 1 fully saturated rings. The van der Waals surface area contributed by atoms with E-state index in [1.807, 2.05) is 11.0 Å². The molecule has 4 rings (SSSR count). The molecule has 0 unspecified atom stereocenters. The molecule has 9 heteroatoms. The van der Waals surface area contributed by atoms with E-state index >= 15 is 0 Å². The molecular formula is C20H21ClF3N3S2. The van der Waals surface area contributed by atoms with E-state index in [-0.39, 0.29) is 0 Å². The first-order chi connectivity index (χ1) is 13.9. The summed E-state index contributed by atoms with van der Waals surface area (Å²) in [4.78, 5) is 4.42. The number of hydrogen-bond donors (Lipinski definition) is 0. The second-order valence-corrected chi connectivity index (χ2v) is 10.1. The molecule has 2 aromatic rings. The van der Waals surface area contributed by atoms with Crippen LogP contribution in [-0.2, 0) is 6.18 Å². The van der Waals surface area contributed by atoms with Crippen LogP contribution in [0, 0.1) is 0 Å². The number of benzene rings is 1. The first-order valence-electron chi connectivity index (χ1n) is 9.45. The normalized spacial score (nSPS) is 17.7. The van der Waals surface area contributed by atoms with Crippen LogP contribution in [-0.4, -0.2) is 48.5 Å². The van der Waals surface area contributed by atoms with Crippen molar-refractivity contribution in [2.24, 2.45) is 0 Å². The Morgan fingerprint density at radius 1 is 1.03 bits per heavy atom. The predicted molar refractivity (Wildman–Crippen MR) is 116 cm³/mol. The molecule has 0 N–H and O–H groups in total. The molecule has 1 saturated heterocycles. The average Bonchev–Trinajstić information content (AvgIpc) is 3.07. The summed E-state index contributed by atoms with van der Waals surface area (Å²) in [5, 5.41) is 0. The van der Waals surface area contributed by atoms with E-state index in [0.29, 0.717) is 5.69 Å². The zero-order valence-electron chi connectivity index (χ0n) is 15.7. The van der Waals surface area contributed by atoms with Crippen molar-refractivity contribution < 1.29 is 13.2 Å². The van der Waals surface area contributed by atoms with Crippen molar-refractivity contribution in [1.82, 2.24) is 9.21 Å². The molecular weight excluding hydrogens is 439 g/mol. The average molecular weight is 460 g/mol. The van der Waals surface area contributed by atoms with Gasteiger partial charge < -0.3 is 9.21 Å². The van der Waals surface area contributed by atoms with Crippen molar-refractivity contribution in [3.63, 3.8) is 0 Å². The van der Waals surface area contributed by atoms with Gasteiger partial charge in [0.05, 0.1) is 14.1 Å². The van der Waals surface area contributed by atoms with Crippen molar-refractivity contribution in [2.75, 3.05) is 44.2 Å². The lowest BCUT2D eigenvalue weighted by molar-refractivity contribution is -0.137. The number of piperazine rings is 1. The number of rotatable bonds is 5. The summed E-state index contributed by atoms with van der Waals surface area (Å²) < 4.78 is 43.1. The van der Waals surface area contributed by atoms with E-state index < -0.39 is 11.7 Å². The topological polar surface area (TPSA) is 9.72 Å². The van der Waals surface area contributed by atoms with Crippen molar-refractivity contribution in [3.8, 4) is 0 Å². The van der Waals surface area contributed by atoms with Gasteiger partial charge in [0.25, 0.3) is 0 Å². The first kappa shape index (κ1) is 20.9. The Balaban J connectivity index is 1.22. The summed E-state index contributed by atoms with van der Waals surface area (Å²) in [6.07, 6.45) is 0.937. The maximum atomic E-state index is 12.9. The zero-order valence-corrected chi connectivity index (χ0v) is 18.1. The molecule has 2 aliphatic heterocycles. The highest BCUT2D eigenvalue weighted by Gasteiger charge is 2.31. The van der Waals surface area contributed by atoms with Crippen LogP contribution in [0.25, 0.3) is 6.08 Å². The number of alkyl halides is 3. The van der Waals surface area contributed by atoms with Crippen LogP contribution in [0.3, 0.4) is 0 Å². The number of fused-ring (bicyclic) bond motifs is 1. The Morgan fingerprint density at radius 3 is 2.59 bits per heavy atom. The molecule has 0 amide bonds. The highest BCUT2D eigenvalue weighted by molar-refractivity contribution is 7.99. The fourth-order valence-corrected chi connectivity index (χ4v) is 6.11. The molecule has 0 atom stereocenters. The van der Waals surface area contributed by atoms with Gasteiger partial charge in [-0.25, -0.2) is 0 Å². The summed E-state index contributed by atoms with van der Waals surface area (Å²) in [5.74, 6) is 0. The quantitative estimate of drug-likeness (QED) is 0.513. The third kappa shape index (κ3) is 5.23. The third-order valence-electron chi connectivity index (χ3n) is 5.08. The number of nitrogens with zero attached hydrogens (tertiary/aromatic N) is 3. The van der Waals surface area contributed by atoms with Crippen molar-refractivity contribution in [1.29, 1.82) is 0 Å². The van der Waals surface area contributed by atoms with Crippen LogP contribution in [0.5, 0.6) is 0 Å². The summed E-state index contributed by atoms with van der Waals surface area (Å²) in [6, 6.07) is 7.61. The van der Waals surface area contributed by atoms with Gasteiger partial charge in [0.15, 0.2) is 0 Å². The molecule has 2 aliphatic rings. The van der Waals surface area contributed by atoms with Crippen molar-refractivity contribution >= 4 is 46.6 Å². The monoisotopic (exact) mass is 459 g/mol. The van der Waals surface area contributed by atoms with Crippen LogP contribution in [0.15, 0.2) is 40.7 Å². The Kier molecular flexibility index (Phi) is 6.34. The summed E-state index contributed by atoms with van der Waals surface area (Å²) in [5.41, 5.74) is 1.26. The predicted octanol–water partition coefficient (Wildman–Crippen LogP) is 5.93. The maximum Gasteiger partial charge on any atom is 0.416 e. The van der Waals surface area contributed by atoms with Crippen LogP contribution < -0.4 is 4.90 Å². The van der Waals surface area contributed by atoms with E-state index in [4.69, 9.17) is 11.6 Å². The second-order valence-electron chi connectivity index (χ2n) is 7.07. The molecule has 3 nitrogen and oxygen atoms in total. The molecule has 0 saturated carbocycles. The van der Waals surface area contributed by atoms with Gasteiger partial charge in [-0.15, -0.1) is 11.3 Å². The van der Waals surface area contributed by atoms with E-state index in [9.17, 15) is 13.2 Å². The standard InChI is InChI=1S/C20H21ClF3N3S2/c21-18-13-15-5-8-27(29-19(15)28-18)7-2-6-25-9-11-26(12-10-25)17-4-1-3-16(14-17)20(22,23)24/h1,3-5,8,13-14H,2,6-7,9-12H2. The Hall–Kier alpha value is -1.35. The molecule has 0 bridgehead atoms.